The summed E-state index contributed by atoms with van der Waals surface area (Å²) in [5, 5.41) is 0. The van der Waals surface area contributed by atoms with Crippen LogP contribution in [0.5, 0.6) is 0 Å². The van der Waals surface area contributed by atoms with Gasteiger partial charge in [-0.2, -0.15) is 0 Å². The van der Waals surface area contributed by atoms with Gasteiger partial charge < -0.3 is 0 Å². The third-order valence-corrected chi connectivity index (χ3v) is 1.71. The van der Waals surface area contributed by atoms with Gasteiger partial charge in [-0.25, -0.2) is 0 Å². The van der Waals surface area contributed by atoms with E-state index in [4.69, 9.17) is 0 Å². The van der Waals surface area contributed by atoms with Crippen LogP contribution in [0, 0.1) is 0 Å². The second-order valence-electron chi connectivity index (χ2n) is 1.94. The van der Waals surface area contributed by atoms with Crippen LogP contribution in [-0.4, -0.2) is 9.76 Å². The van der Waals surface area contributed by atoms with Crippen LogP contribution < -0.4 is 0 Å². The van der Waals surface area contributed by atoms with Crippen LogP contribution in [0.1, 0.15) is 13.3 Å². The highest BCUT2D eigenvalue weighted by atomic mass is 127. The molecule has 0 amide bonds. The minimum Gasteiger partial charge on any atom is -0.275 e. The van der Waals surface area contributed by atoms with Crippen molar-refractivity contribution in [2.75, 3.05) is 0 Å². The topological polar surface area (TPSA) is 12.4 Å². The average Bonchev–Trinajstić information content (AvgIpc) is 1.64. The Labute approximate surface area is 63.0 Å². The number of halogens is 1. The van der Waals surface area contributed by atoms with Crippen molar-refractivity contribution in [1.82, 2.24) is 0 Å². The van der Waals surface area contributed by atoms with E-state index in [1.54, 1.807) is 0 Å². The standard InChI is InChI=1S/C6H8IN/c1-5-3-2-4-6(7)8-5/h2,4-5H,3H2,1H3. The fourth-order valence-electron chi connectivity index (χ4n) is 0.669. The predicted octanol–water partition coefficient (Wildman–Crippen LogP) is 2.17. The Bertz CT molecular complexity index is 137. The smallest absolute Gasteiger partial charge is 0.0954 e. The molecule has 0 aliphatic carbocycles. The van der Waals surface area contributed by atoms with Crippen molar-refractivity contribution < 1.29 is 0 Å². The minimum absolute atomic E-state index is 0.506. The van der Waals surface area contributed by atoms with Crippen molar-refractivity contribution >= 4 is 26.3 Å². The predicted molar refractivity (Wildman–Crippen MR) is 44.7 cm³/mol. The number of allylic oxidation sites excluding steroid dienone is 1. The van der Waals surface area contributed by atoms with E-state index < -0.39 is 0 Å². The Kier molecular flexibility index (Phi) is 2.05. The first-order valence-electron chi connectivity index (χ1n) is 2.69. The second-order valence-corrected chi connectivity index (χ2v) is 3.04. The maximum atomic E-state index is 4.30. The molecule has 1 nitrogen and oxygen atoms in total. The van der Waals surface area contributed by atoms with Crippen LogP contribution in [0.2, 0.25) is 0 Å². The molecule has 0 saturated carbocycles. The Hall–Kier alpha value is 0.140. The molecule has 1 unspecified atom stereocenters. The van der Waals surface area contributed by atoms with Gasteiger partial charge in [-0.1, -0.05) is 6.08 Å². The van der Waals surface area contributed by atoms with Crippen molar-refractivity contribution in [2.24, 2.45) is 4.99 Å². The van der Waals surface area contributed by atoms with E-state index in [1.807, 2.05) is 0 Å². The summed E-state index contributed by atoms with van der Waals surface area (Å²) in [7, 11) is 0. The summed E-state index contributed by atoms with van der Waals surface area (Å²) in [6, 6.07) is 0.506. The number of rotatable bonds is 0. The zero-order chi connectivity index (χ0) is 5.98. The highest BCUT2D eigenvalue weighted by Crippen LogP contribution is 2.08. The molecule has 0 aromatic rings. The third-order valence-electron chi connectivity index (χ3n) is 1.08. The maximum absolute atomic E-state index is 4.30. The van der Waals surface area contributed by atoms with E-state index in [0.717, 1.165) is 10.1 Å². The average molecular weight is 221 g/mol. The van der Waals surface area contributed by atoms with Crippen LogP contribution in [0.25, 0.3) is 0 Å². The van der Waals surface area contributed by atoms with Gasteiger partial charge in [-0.3, -0.25) is 4.99 Å². The molecule has 1 aliphatic rings. The second kappa shape index (κ2) is 2.62. The first-order valence-corrected chi connectivity index (χ1v) is 3.77. The third kappa shape index (κ3) is 1.58. The number of dihydropyridines is 1. The van der Waals surface area contributed by atoms with Crippen molar-refractivity contribution in [3.8, 4) is 0 Å². The van der Waals surface area contributed by atoms with Gasteiger partial charge in [0.2, 0.25) is 0 Å². The molecule has 8 heavy (non-hydrogen) atoms. The zero-order valence-electron chi connectivity index (χ0n) is 4.76. The van der Waals surface area contributed by atoms with Crippen LogP contribution in [-0.2, 0) is 0 Å². The Morgan fingerprint density at radius 1 is 1.88 bits per heavy atom. The fourth-order valence-corrected chi connectivity index (χ4v) is 1.40. The lowest BCUT2D eigenvalue weighted by Gasteiger charge is -2.05. The minimum atomic E-state index is 0.506. The fraction of sp³-hybridized carbons (Fsp3) is 0.500. The summed E-state index contributed by atoms with van der Waals surface area (Å²) in [5.74, 6) is 0. The lowest BCUT2D eigenvalue weighted by atomic mass is 10.2. The summed E-state index contributed by atoms with van der Waals surface area (Å²) in [6.45, 7) is 2.13. The van der Waals surface area contributed by atoms with Crippen molar-refractivity contribution in [3.05, 3.63) is 12.2 Å². The molecule has 0 aromatic heterocycles. The summed E-state index contributed by atoms with van der Waals surface area (Å²) in [4.78, 5) is 4.30. The van der Waals surface area contributed by atoms with Gasteiger partial charge in [-0.05, 0) is 42.0 Å². The molecule has 2 heteroatoms. The Morgan fingerprint density at radius 2 is 2.62 bits per heavy atom. The summed E-state index contributed by atoms with van der Waals surface area (Å²) in [6.07, 6.45) is 5.33. The maximum Gasteiger partial charge on any atom is 0.0954 e. The summed E-state index contributed by atoms with van der Waals surface area (Å²) < 4.78 is 1.13. The molecule has 1 heterocycles. The molecule has 0 saturated heterocycles. The van der Waals surface area contributed by atoms with Gasteiger partial charge in [0.15, 0.2) is 0 Å². The molecule has 44 valence electrons. The van der Waals surface area contributed by atoms with Crippen LogP contribution in [0.4, 0.5) is 0 Å². The summed E-state index contributed by atoms with van der Waals surface area (Å²) >= 11 is 2.24. The van der Waals surface area contributed by atoms with E-state index in [2.05, 4.69) is 46.7 Å². The van der Waals surface area contributed by atoms with E-state index in [9.17, 15) is 0 Å². The van der Waals surface area contributed by atoms with Gasteiger partial charge in [0.25, 0.3) is 0 Å². The lowest BCUT2D eigenvalue weighted by Crippen LogP contribution is -2.01. The SMILES string of the molecule is CC1CC=CC(I)=N1. The quantitative estimate of drug-likeness (QED) is 0.556. The van der Waals surface area contributed by atoms with Crippen molar-refractivity contribution in [1.29, 1.82) is 0 Å². The molecule has 1 aliphatic heterocycles. The normalized spacial score (nSPS) is 27.8. The molecule has 1 rings (SSSR count). The number of nitrogens with zero attached hydrogens (tertiary/aromatic N) is 1. The molecule has 0 aromatic carbocycles. The molecule has 0 radical (unpaired) electrons. The highest BCUT2D eigenvalue weighted by Gasteiger charge is 2.00. The van der Waals surface area contributed by atoms with Gasteiger partial charge in [0.1, 0.15) is 0 Å². The van der Waals surface area contributed by atoms with E-state index in [0.29, 0.717) is 6.04 Å². The molecule has 0 N–H and O–H groups in total. The molecule has 0 fully saturated rings. The molecular formula is C6H8IN. The Balaban J connectivity index is 2.63. The summed E-state index contributed by atoms with van der Waals surface area (Å²) in [5.41, 5.74) is 0. The van der Waals surface area contributed by atoms with Crippen LogP contribution in [0.3, 0.4) is 0 Å². The van der Waals surface area contributed by atoms with Crippen molar-refractivity contribution in [2.45, 2.75) is 19.4 Å². The van der Waals surface area contributed by atoms with E-state index >= 15 is 0 Å². The first kappa shape index (κ1) is 6.26. The van der Waals surface area contributed by atoms with Gasteiger partial charge in [0.05, 0.1) is 9.76 Å². The van der Waals surface area contributed by atoms with Gasteiger partial charge in [0, 0.05) is 0 Å². The van der Waals surface area contributed by atoms with Gasteiger partial charge in [-0.15, -0.1) is 0 Å². The lowest BCUT2D eigenvalue weighted by molar-refractivity contribution is 0.756. The molecule has 0 spiro atoms. The number of aliphatic imine (C=N–C) groups is 1. The highest BCUT2D eigenvalue weighted by molar-refractivity contribution is 14.1. The monoisotopic (exact) mass is 221 g/mol. The molecular weight excluding hydrogens is 213 g/mol. The zero-order valence-corrected chi connectivity index (χ0v) is 6.92. The van der Waals surface area contributed by atoms with Gasteiger partial charge >= 0.3 is 0 Å². The van der Waals surface area contributed by atoms with Crippen molar-refractivity contribution in [3.63, 3.8) is 0 Å². The van der Waals surface area contributed by atoms with Crippen LogP contribution in [0.15, 0.2) is 17.1 Å². The van der Waals surface area contributed by atoms with E-state index in [-0.39, 0.29) is 0 Å². The first-order chi connectivity index (χ1) is 3.79. The molecule has 0 bridgehead atoms. The molecule has 1 atom stereocenters. The van der Waals surface area contributed by atoms with Crippen LogP contribution >= 0.6 is 22.6 Å². The number of hydrogen-bond donors (Lipinski definition) is 0. The van der Waals surface area contributed by atoms with E-state index in [1.165, 1.54) is 0 Å². The number of hydrogen-bond acceptors (Lipinski definition) is 1. The largest absolute Gasteiger partial charge is 0.275 e. The Morgan fingerprint density at radius 3 is 3.00 bits per heavy atom.